The first-order chi connectivity index (χ1) is 16.9. The molecule has 1 amide bonds. The number of carbonyl (C=O) groups is 2. The number of rotatable bonds is 9. The average molecular weight is 491 g/mol. The lowest BCUT2D eigenvalue weighted by atomic mass is 9.97. The number of aliphatic hydroxyl groups is 1. The zero-order valence-electron chi connectivity index (χ0n) is 18.6. The van der Waals surface area contributed by atoms with Gasteiger partial charge in [-0.2, -0.15) is 5.10 Å². The number of nitrogens with zero attached hydrogens (tertiary/aromatic N) is 2. The monoisotopic (exact) mass is 490 g/mol. The second-order valence-electron chi connectivity index (χ2n) is 8.08. The molecule has 0 bridgehead atoms. The van der Waals surface area contributed by atoms with E-state index in [4.69, 9.17) is 16.7 Å². The normalized spacial score (nSPS) is 12.6. The van der Waals surface area contributed by atoms with E-state index >= 15 is 0 Å². The minimum absolute atomic E-state index is 0.148. The van der Waals surface area contributed by atoms with Crippen LogP contribution in [0, 0.1) is 0 Å². The molecule has 0 aliphatic heterocycles. The fourth-order valence-electron chi connectivity index (χ4n) is 3.72. The van der Waals surface area contributed by atoms with E-state index in [2.05, 4.69) is 20.5 Å². The predicted octanol–water partition coefficient (Wildman–Crippen LogP) is 3.97. The van der Waals surface area contributed by atoms with Crippen molar-refractivity contribution in [2.45, 2.75) is 25.0 Å². The molecule has 2 atom stereocenters. The maximum Gasteiger partial charge on any atom is 0.332 e. The number of hydrogen-bond donors (Lipinski definition) is 4. The summed E-state index contributed by atoms with van der Waals surface area (Å²) in [7, 11) is 0. The number of aliphatic carboxylic acids is 1. The molecule has 2 heterocycles. The van der Waals surface area contributed by atoms with Gasteiger partial charge in [0.1, 0.15) is 0 Å². The van der Waals surface area contributed by atoms with Gasteiger partial charge in [0.15, 0.2) is 11.8 Å². The van der Waals surface area contributed by atoms with Crippen LogP contribution in [0.25, 0.3) is 22.4 Å². The number of aliphatic hydroxyl groups excluding tert-OH is 1. The Bertz CT molecular complexity index is 1310. The van der Waals surface area contributed by atoms with Gasteiger partial charge in [-0.05, 0) is 53.4 Å². The summed E-state index contributed by atoms with van der Waals surface area (Å²) in [6, 6.07) is 19.7. The number of aromatic nitrogens is 3. The molecule has 2 aromatic carbocycles. The van der Waals surface area contributed by atoms with Crippen molar-refractivity contribution in [3.8, 4) is 22.4 Å². The third-order valence-corrected chi connectivity index (χ3v) is 5.74. The fourth-order valence-corrected chi connectivity index (χ4v) is 3.91. The Kier molecular flexibility index (Phi) is 7.54. The standard InChI is InChI=1S/C26H23ClN4O4/c27-20-5-1-3-18(12-20)17-8-6-16(7-9-17)11-21(13-24(32)26(34)35)29-25(33)23-14-22(30-31-23)19-4-2-10-28-15-19/h1-10,12,14-15,21,24,32H,11,13H2,(H,29,33)(H,30,31)(H,34,35)/t21-,24-/m1/s1. The molecule has 0 saturated carbocycles. The number of H-pyrrole nitrogens is 1. The highest BCUT2D eigenvalue weighted by molar-refractivity contribution is 6.30. The largest absolute Gasteiger partial charge is 0.479 e. The summed E-state index contributed by atoms with van der Waals surface area (Å²) in [5.74, 6) is -1.83. The van der Waals surface area contributed by atoms with Gasteiger partial charge < -0.3 is 15.5 Å². The first kappa shape index (κ1) is 24.1. The topological polar surface area (TPSA) is 128 Å². The Morgan fingerprint density at radius 1 is 1.00 bits per heavy atom. The number of amides is 1. The Labute approximate surface area is 206 Å². The van der Waals surface area contributed by atoms with Crippen molar-refractivity contribution in [2.75, 3.05) is 0 Å². The molecule has 2 aromatic heterocycles. The van der Waals surface area contributed by atoms with Crippen LogP contribution in [0.15, 0.2) is 79.1 Å². The Balaban J connectivity index is 1.48. The van der Waals surface area contributed by atoms with Gasteiger partial charge >= 0.3 is 5.97 Å². The third-order valence-electron chi connectivity index (χ3n) is 5.51. The van der Waals surface area contributed by atoms with E-state index in [1.54, 1.807) is 30.6 Å². The molecule has 0 fully saturated rings. The lowest BCUT2D eigenvalue weighted by Crippen LogP contribution is -2.40. The molecule has 8 nitrogen and oxygen atoms in total. The quantitative estimate of drug-likeness (QED) is 0.281. The smallest absolute Gasteiger partial charge is 0.332 e. The van der Waals surface area contributed by atoms with Crippen LogP contribution in [0.2, 0.25) is 5.02 Å². The second-order valence-corrected chi connectivity index (χ2v) is 8.52. The van der Waals surface area contributed by atoms with Crippen LogP contribution in [0.1, 0.15) is 22.5 Å². The maximum atomic E-state index is 12.9. The maximum absolute atomic E-state index is 12.9. The third kappa shape index (κ3) is 6.32. The summed E-state index contributed by atoms with van der Waals surface area (Å²) in [6.45, 7) is 0. The molecule has 4 N–H and O–H groups in total. The molecular weight excluding hydrogens is 468 g/mol. The van der Waals surface area contributed by atoms with E-state index in [0.717, 1.165) is 22.3 Å². The van der Waals surface area contributed by atoms with Gasteiger partial charge in [-0.15, -0.1) is 0 Å². The molecule has 0 aliphatic carbocycles. The Morgan fingerprint density at radius 3 is 2.46 bits per heavy atom. The first-order valence-corrected chi connectivity index (χ1v) is 11.3. The van der Waals surface area contributed by atoms with Gasteiger partial charge in [0.05, 0.1) is 5.69 Å². The first-order valence-electron chi connectivity index (χ1n) is 10.9. The number of nitrogens with one attached hydrogen (secondary N) is 2. The van der Waals surface area contributed by atoms with Crippen molar-refractivity contribution in [1.29, 1.82) is 0 Å². The van der Waals surface area contributed by atoms with Gasteiger partial charge in [-0.3, -0.25) is 14.9 Å². The van der Waals surface area contributed by atoms with Gasteiger partial charge in [0.25, 0.3) is 5.91 Å². The summed E-state index contributed by atoms with van der Waals surface area (Å²) in [6.07, 6.45) is 1.85. The number of pyridine rings is 1. The number of benzene rings is 2. The molecular formula is C26H23ClN4O4. The minimum atomic E-state index is -1.61. The number of hydrogen-bond acceptors (Lipinski definition) is 5. The van der Waals surface area contributed by atoms with Gasteiger partial charge in [0, 0.05) is 35.4 Å². The van der Waals surface area contributed by atoms with E-state index in [1.807, 2.05) is 48.5 Å². The molecule has 35 heavy (non-hydrogen) atoms. The summed E-state index contributed by atoms with van der Waals surface area (Å²) >= 11 is 6.08. The molecule has 4 rings (SSSR count). The summed E-state index contributed by atoms with van der Waals surface area (Å²) in [4.78, 5) is 28.1. The van der Waals surface area contributed by atoms with Crippen LogP contribution in [-0.2, 0) is 11.2 Å². The molecule has 4 aromatic rings. The molecule has 0 saturated heterocycles. The van der Waals surface area contributed by atoms with Crippen LogP contribution in [0.4, 0.5) is 0 Å². The summed E-state index contributed by atoms with van der Waals surface area (Å²) in [5.41, 5.74) is 4.37. The van der Waals surface area contributed by atoms with E-state index in [9.17, 15) is 14.7 Å². The Hall–Kier alpha value is -4.01. The molecule has 178 valence electrons. The average Bonchev–Trinajstić information content (AvgIpc) is 3.35. The van der Waals surface area contributed by atoms with Crippen LogP contribution in [0.5, 0.6) is 0 Å². The van der Waals surface area contributed by atoms with Crippen LogP contribution in [-0.4, -0.2) is 49.4 Å². The number of halogens is 1. The Morgan fingerprint density at radius 2 is 1.77 bits per heavy atom. The molecule has 0 spiro atoms. The molecule has 0 unspecified atom stereocenters. The lowest BCUT2D eigenvalue weighted by molar-refractivity contribution is -0.147. The van der Waals surface area contributed by atoms with Gasteiger partial charge in [0.2, 0.25) is 0 Å². The van der Waals surface area contributed by atoms with E-state index in [1.165, 1.54) is 0 Å². The van der Waals surface area contributed by atoms with Crippen molar-refractivity contribution < 1.29 is 19.8 Å². The van der Waals surface area contributed by atoms with E-state index in [-0.39, 0.29) is 12.1 Å². The lowest BCUT2D eigenvalue weighted by Gasteiger charge is -2.20. The fraction of sp³-hybridized carbons (Fsp3) is 0.154. The van der Waals surface area contributed by atoms with Crippen molar-refractivity contribution in [3.63, 3.8) is 0 Å². The van der Waals surface area contributed by atoms with Crippen LogP contribution in [0.3, 0.4) is 0 Å². The zero-order chi connectivity index (χ0) is 24.8. The highest BCUT2D eigenvalue weighted by atomic mass is 35.5. The minimum Gasteiger partial charge on any atom is -0.479 e. The van der Waals surface area contributed by atoms with Gasteiger partial charge in [-0.25, -0.2) is 4.79 Å². The zero-order valence-corrected chi connectivity index (χ0v) is 19.3. The van der Waals surface area contributed by atoms with Crippen molar-refractivity contribution in [1.82, 2.24) is 20.5 Å². The van der Waals surface area contributed by atoms with Crippen LogP contribution < -0.4 is 5.32 Å². The summed E-state index contributed by atoms with van der Waals surface area (Å²) < 4.78 is 0. The number of carbonyl (C=O) groups excluding carboxylic acids is 1. The van der Waals surface area contributed by atoms with Gasteiger partial charge in [-0.1, -0.05) is 48.0 Å². The number of aromatic amines is 1. The van der Waals surface area contributed by atoms with Crippen molar-refractivity contribution >= 4 is 23.5 Å². The number of carboxylic acid groups (broad SMARTS) is 1. The van der Waals surface area contributed by atoms with Crippen molar-refractivity contribution in [2.24, 2.45) is 0 Å². The highest BCUT2D eigenvalue weighted by Crippen LogP contribution is 2.24. The SMILES string of the molecule is O=C(N[C@H](Cc1ccc(-c2cccc(Cl)c2)cc1)C[C@@H](O)C(=O)O)c1cc(-c2cccnc2)[nH]n1. The number of carboxylic acids is 1. The molecule has 9 heteroatoms. The second kappa shape index (κ2) is 10.9. The molecule has 0 radical (unpaired) electrons. The summed E-state index contributed by atoms with van der Waals surface area (Å²) in [5, 5.41) is 29.4. The van der Waals surface area contributed by atoms with E-state index < -0.39 is 24.0 Å². The van der Waals surface area contributed by atoms with E-state index in [0.29, 0.717) is 17.1 Å². The van der Waals surface area contributed by atoms with Crippen LogP contribution >= 0.6 is 11.6 Å². The predicted molar refractivity (Wildman–Crippen MR) is 132 cm³/mol. The molecule has 0 aliphatic rings. The van der Waals surface area contributed by atoms with Crippen molar-refractivity contribution in [3.05, 3.63) is 95.4 Å². The highest BCUT2D eigenvalue weighted by Gasteiger charge is 2.23.